The summed E-state index contributed by atoms with van der Waals surface area (Å²) in [7, 11) is 0. The van der Waals surface area contributed by atoms with Crippen molar-refractivity contribution in [1.82, 2.24) is 0 Å². The molecule has 1 aromatic rings. The van der Waals surface area contributed by atoms with Crippen LogP contribution in [-0.4, -0.2) is 19.3 Å². The smallest absolute Gasteiger partial charge is 0.145 e. The first-order chi connectivity index (χ1) is 8.11. The van der Waals surface area contributed by atoms with Gasteiger partial charge in [0.15, 0.2) is 0 Å². The molecule has 0 aromatic heterocycles. The molecule has 0 aliphatic carbocycles. The van der Waals surface area contributed by atoms with Crippen molar-refractivity contribution < 1.29 is 18.3 Å². The molecular formula is C12H13ClF2O2. The van der Waals surface area contributed by atoms with Crippen LogP contribution >= 0.6 is 11.6 Å². The first kappa shape index (κ1) is 12.7. The van der Waals surface area contributed by atoms with Crippen molar-refractivity contribution in [2.24, 2.45) is 0 Å². The molecule has 5 heteroatoms. The van der Waals surface area contributed by atoms with Gasteiger partial charge in [-0.25, -0.2) is 8.78 Å². The van der Waals surface area contributed by atoms with Crippen LogP contribution in [0.4, 0.5) is 8.78 Å². The molecule has 94 valence electrons. The number of rotatable bonds is 5. The fourth-order valence-corrected chi connectivity index (χ4v) is 1.86. The lowest BCUT2D eigenvalue weighted by atomic mass is 10.1. The van der Waals surface area contributed by atoms with E-state index in [1.807, 2.05) is 6.92 Å². The highest BCUT2D eigenvalue weighted by Crippen LogP contribution is 2.31. The Balaban J connectivity index is 2.16. The zero-order valence-electron chi connectivity index (χ0n) is 9.38. The predicted octanol–water partition coefficient (Wildman–Crippen LogP) is 3.48. The van der Waals surface area contributed by atoms with Crippen LogP contribution in [0.2, 0.25) is 5.02 Å². The third kappa shape index (κ3) is 3.15. The Morgan fingerprint density at radius 3 is 2.82 bits per heavy atom. The van der Waals surface area contributed by atoms with Crippen molar-refractivity contribution in [2.45, 2.75) is 25.6 Å². The second kappa shape index (κ2) is 5.29. The van der Waals surface area contributed by atoms with Crippen molar-refractivity contribution in [3.63, 3.8) is 0 Å². The maximum atomic E-state index is 13.3. The number of hydrogen-bond acceptors (Lipinski definition) is 2. The minimum atomic E-state index is -0.758. The van der Waals surface area contributed by atoms with Gasteiger partial charge in [-0.3, -0.25) is 0 Å². The lowest BCUT2D eigenvalue weighted by Crippen LogP contribution is -2.09. The number of epoxide rings is 1. The van der Waals surface area contributed by atoms with Gasteiger partial charge in [0.25, 0.3) is 0 Å². The molecule has 0 saturated carbocycles. The Kier molecular flexibility index (Phi) is 3.97. The van der Waals surface area contributed by atoms with Gasteiger partial charge in [0.2, 0.25) is 0 Å². The molecule has 0 N–H and O–H groups in total. The topological polar surface area (TPSA) is 21.8 Å². The summed E-state index contributed by atoms with van der Waals surface area (Å²) in [5, 5.41) is -0.0741. The SMILES string of the molecule is CCC(OCC1CO1)c1cc(F)cc(F)c1Cl. The summed E-state index contributed by atoms with van der Waals surface area (Å²) in [6, 6.07) is 1.98. The fourth-order valence-electron chi connectivity index (χ4n) is 1.63. The highest BCUT2D eigenvalue weighted by atomic mass is 35.5. The molecule has 0 radical (unpaired) electrons. The molecule has 1 heterocycles. The van der Waals surface area contributed by atoms with E-state index < -0.39 is 17.7 Å². The van der Waals surface area contributed by atoms with Crippen molar-refractivity contribution in [3.8, 4) is 0 Å². The monoisotopic (exact) mass is 262 g/mol. The number of hydrogen-bond donors (Lipinski definition) is 0. The molecule has 0 bridgehead atoms. The molecule has 1 aliphatic heterocycles. The van der Waals surface area contributed by atoms with Gasteiger partial charge < -0.3 is 9.47 Å². The minimum absolute atomic E-state index is 0.0741. The van der Waals surface area contributed by atoms with Gasteiger partial charge in [0.1, 0.15) is 17.7 Å². The lowest BCUT2D eigenvalue weighted by Gasteiger charge is -2.17. The van der Waals surface area contributed by atoms with Crippen molar-refractivity contribution in [1.29, 1.82) is 0 Å². The summed E-state index contributed by atoms with van der Waals surface area (Å²) in [5.41, 5.74) is 0.354. The second-order valence-electron chi connectivity index (χ2n) is 3.98. The summed E-state index contributed by atoms with van der Waals surface area (Å²) in [6.45, 7) is 2.98. The van der Waals surface area contributed by atoms with Gasteiger partial charge in [-0.2, -0.15) is 0 Å². The largest absolute Gasteiger partial charge is 0.371 e. The standard InChI is InChI=1S/C12H13ClF2O2/c1-2-11(17-6-8-5-16-8)9-3-7(14)4-10(15)12(9)13/h3-4,8,11H,2,5-6H2,1H3. The van der Waals surface area contributed by atoms with E-state index in [1.54, 1.807) is 0 Å². The summed E-state index contributed by atoms with van der Waals surface area (Å²) in [6.07, 6.45) is 0.299. The van der Waals surface area contributed by atoms with Crippen molar-refractivity contribution >= 4 is 11.6 Å². The van der Waals surface area contributed by atoms with Gasteiger partial charge in [0, 0.05) is 11.6 Å². The van der Waals surface area contributed by atoms with E-state index in [1.165, 1.54) is 6.07 Å². The van der Waals surface area contributed by atoms with Crippen LogP contribution in [0.1, 0.15) is 25.0 Å². The maximum absolute atomic E-state index is 13.3. The van der Waals surface area contributed by atoms with Crippen LogP contribution in [0.5, 0.6) is 0 Å². The van der Waals surface area contributed by atoms with E-state index in [-0.39, 0.29) is 11.1 Å². The van der Waals surface area contributed by atoms with Crippen LogP contribution in [0.15, 0.2) is 12.1 Å². The Morgan fingerprint density at radius 2 is 2.24 bits per heavy atom. The highest BCUT2D eigenvalue weighted by Gasteiger charge is 2.25. The molecule has 2 atom stereocenters. The third-order valence-corrected chi connectivity index (χ3v) is 3.02. The van der Waals surface area contributed by atoms with Crippen molar-refractivity contribution in [3.05, 3.63) is 34.4 Å². The molecule has 2 nitrogen and oxygen atoms in total. The maximum Gasteiger partial charge on any atom is 0.145 e. The lowest BCUT2D eigenvalue weighted by molar-refractivity contribution is 0.0391. The van der Waals surface area contributed by atoms with Crippen LogP contribution in [-0.2, 0) is 9.47 Å². The van der Waals surface area contributed by atoms with Gasteiger partial charge in [-0.1, -0.05) is 18.5 Å². The molecule has 0 amide bonds. The molecule has 1 aromatic carbocycles. The average molecular weight is 263 g/mol. The van der Waals surface area contributed by atoms with E-state index in [4.69, 9.17) is 21.1 Å². The van der Waals surface area contributed by atoms with Gasteiger partial charge in [0.05, 0.1) is 24.3 Å². The van der Waals surface area contributed by atoms with Gasteiger partial charge in [-0.15, -0.1) is 0 Å². The Labute approximate surface area is 103 Å². The quantitative estimate of drug-likeness (QED) is 0.599. The first-order valence-electron chi connectivity index (χ1n) is 5.49. The van der Waals surface area contributed by atoms with E-state index >= 15 is 0 Å². The first-order valence-corrected chi connectivity index (χ1v) is 5.87. The summed E-state index contributed by atoms with van der Waals surface area (Å²) in [5.74, 6) is -1.40. The molecular weight excluding hydrogens is 250 g/mol. The highest BCUT2D eigenvalue weighted by molar-refractivity contribution is 6.31. The van der Waals surface area contributed by atoms with E-state index in [0.29, 0.717) is 25.2 Å². The zero-order chi connectivity index (χ0) is 12.4. The molecule has 1 fully saturated rings. The Hall–Kier alpha value is -0.710. The molecule has 17 heavy (non-hydrogen) atoms. The number of ether oxygens (including phenoxy) is 2. The van der Waals surface area contributed by atoms with Gasteiger partial charge in [-0.05, 0) is 12.5 Å². The average Bonchev–Trinajstić information content (AvgIpc) is 3.09. The van der Waals surface area contributed by atoms with Crippen LogP contribution in [0, 0.1) is 11.6 Å². The fraction of sp³-hybridized carbons (Fsp3) is 0.500. The zero-order valence-corrected chi connectivity index (χ0v) is 10.1. The van der Waals surface area contributed by atoms with Crippen LogP contribution in [0.25, 0.3) is 0 Å². The molecule has 2 rings (SSSR count). The van der Waals surface area contributed by atoms with Crippen LogP contribution < -0.4 is 0 Å². The number of benzene rings is 1. The van der Waals surface area contributed by atoms with E-state index in [0.717, 1.165) is 6.07 Å². The number of halogens is 3. The summed E-state index contributed by atoms with van der Waals surface area (Å²) < 4.78 is 37.0. The summed E-state index contributed by atoms with van der Waals surface area (Å²) in [4.78, 5) is 0. The minimum Gasteiger partial charge on any atom is -0.371 e. The third-order valence-electron chi connectivity index (χ3n) is 2.62. The predicted molar refractivity (Wildman–Crippen MR) is 60.1 cm³/mol. The normalized spacial score (nSPS) is 20.4. The van der Waals surface area contributed by atoms with E-state index in [2.05, 4.69) is 0 Å². The van der Waals surface area contributed by atoms with Crippen LogP contribution in [0.3, 0.4) is 0 Å². The molecule has 1 aliphatic rings. The second-order valence-corrected chi connectivity index (χ2v) is 4.35. The van der Waals surface area contributed by atoms with Crippen molar-refractivity contribution in [2.75, 3.05) is 13.2 Å². The molecule has 0 spiro atoms. The Morgan fingerprint density at radius 1 is 1.53 bits per heavy atom. The molecule has 2 unspecified atom stereocenters. The molecule has 1 saturated heterocycles. The van der Waals surface area contributed by atoms with Gasteiger partial charge >= 0.3 is 0 Å². The summed E-state index contributed by atoms with van der Waals surface area (Å²) >= 11 is 5.82. The Bertz CT molecular complexity index is 408. The van der Waals surface area contributed by atoms with E-state index in [9.17, 15) is 8.78 Å².